The zero-order chi connectivity index (χ0) is 13.9. The number of pyridine rings is 1. The van der Waals surface area contributed by atoms with Gasteiger partial charge in [-0.1, -0.05) is 36.4 Å². The van der Waals surface area contributed by atoms with Gasteiger partial charge in [-0.15, -0.1) is 15.0 Å². The van der Waals surface area contributed by atoms with E-state index in [-0.39, 0.29) is 6.04 Å². The summed E-state index contributed by atoms with van der Waals surface area (Å²) in [5, 5.41) is 12.5. The largest absolute Gasteiger partial charge is 0.324 e. The number of nitrogens with zero attached hydrogens (tertiary/aromatic N) is 5. The molecule has 0 bridgehead atoms. The van der Waals surface area contributed by atoms with E-state index in [1.165, 1.54) is 4.80 Å². The van der Waals surface area contributed by atoms with Gasteiger partial charge in [-0.05, 0) is 18.2 Å². The van der Waals surface area contributed by atoms with Crippen LogP contribution in [0.2, 0.25) is 0 Å². The molecule has 0 aliphatic rings. The molecule has 2 N–H and O–H groups in total. The van der Waals surface area contributed by atoms with Gasteiger partial charge in [-0.3, -0.25) is 0 Å². The molecule has 3 aromatic rings. The summed E-state index contributed by atoms with van der Waals surface area (Å²) in [4.78, 5) is 5.71. The first-order valence-electron chi connectivity index (χ1n) is 6.32. The molecule has 0 spiro atoms. The number of rotatable bonds is 3. The number of aromatic nitrogens is 5. The molecule has 0 unspecified atom stereocenters. The molecule has 20 heavy (non-hydrogen) atoms. The van der Waals surface area contributed by atoms with Crippen LogP contribution in [-0.4, -0.2) is 25.2 Å². The van der Waals surface area contributed by atoms with E-state index in [1.54, 1.807) is 6.20 Å². The zero-order valence-corrected chi connectivity index (χ0v) is 11.0. The number of hydrogen-bond acceptors (Lipinski definition) is 5. The van der Waals surface area contributed by atoms with Crippen LogP contribution in [0.5, 0.6) is 0 Å². The molecule has 0 saturated carbocycles. The second kappa shape index (κ2) is 5.18. The van der Waals surface area contributed by atoms with E-state index in [9.17, 15) is 0 Å². The first-order chi connectivity index (χ1) is 9.75. The Kier molecular flexibility index (Phi) is 3.22. The van der Waals surface area contributed by atoms with Gasteiger partial charge < -0.3 is 5.73 Å². The molecule has 2 aromatic heterocycles. The van der Waals surface area contributed by atoms with Crippen LogP contribution in [0.1, 0.15) is 18.5 Å². The third-order valence-electron chi connectivity index (χ3n) is 2.94. The Morgan fingerprint density at radius 3 is 2.65 bits per heavy atom. The van der Waals surface area contributed by atoms with Gasteiger partial charge in [0.25, 0.3) is 0 Å². The Balaban J connectivity index is 2.03. The SMILES string of the molecule is C[C@H](N)c1cccnc1-n1nnc(-c2ccccc2)n1. The molecule has 2 heterocycles. The molecule has 6 nitrogen and oxygen atoms in total. The Morgan fingerprint density at radius 1 is 1.10 bits per heavy atom. The van der Waals surface area contributed by atoms with Gasteiger partial charge >= 0.3 is 0 Å². The summed E-state index contributed by atoms with van der Waals surface area (Å²) < 4.78 is 0. The lowest BCUT2D eigenvalue weighted by Gasteiger charge is -2.09. The second-order valence-electron chi connectivity index (χ2n) is 4.47. The summed E-state index contributed by atoms with van der Waals surface area (Å²) in [5.41, 5.74) is 7.73. The van der Waals surface area contributed by atoms with E-state index in [0.29, 0.717) is 11.6 Å². The van der Waals surface area contributed by atoms with E-state index in [2.05, 4.69) is 20.4 Å². The van der Waals surface area contributed by atoms with E-state index in [4.69, 9.17) is 5.73 Å². The van der Waals surface area contributed by atoms with Crippen molar-refractivity contribution in [3.63, 3.8) is 0 Å². The number of nitrogens with two attached hydrogens (primary N) is 1. The highest BCUT2D eigenvalue weighted by Gasteiger charge is 2.13. The second-order valence-corrected chi connectivity index (χ2v) is 4.47. The Labute approximate surface area is 116 Å². The highest BCUT2D eigenvalue weighted by Crippen LogP contribution is 2.18. The monoisotopic (exact) mass is 266 g/mol. The van der Waals surface area contributed by atoms with Gasteiger partial charge in [0, 0.05) is 23.4 Å². The summed E-state index contributed by atoms with van der Waals surface area (Å²) in [5.74, 6) is 1.17. The average molecular weight is 266 g/mol. The minimum Gasteiger partial charge on any atom is -0.324 e. The number of benzene rings is 1. The molecule has 6 heteroatoms. The molecule has 0 fully saturated rings. The van der Waals surface area contributed by atoms with Crippen molar-refractivity contribution < 1.29 is 0 Å². The highest BCUT2D eigenvalue weighted by atomic mass is 15.6. The van der Waals surface area contributed by atoms with Crippen LogP contribution in [0.4, 0.5) is 0 Å². The summed E-state index contributed by atoms with van der Waals surface area (Å²) in [7, 11) is 0. The fourth-order valence-corrected chi connectivity index (χ4v) is 1.94. The van der Waals surface area contributed by atoms with Crippen LogP contribution < -0.4 is 5.73 Å². The molecule has 1 aromatic carbocycles. The summed E-state index contributed by atoms with van der Waals surface area (Å²) in [6.45, 7) is 1.90. The molecule has 100 valence electrons. The zero-order valence-electron chi connectivity index (χ0n) is 11.0. The Bertz CT molecular complexity index is 704. The minimum absolute atomic E-state index is 0.148. The maximum Gasteiger partial charge on any atom is 0.205 e. The van der Waals surface area contributed by atoms with E-state index in [0.717, 1.165) is 11.1 Å². The number of hydrogen-bond donors (Lipinski definition) is 1. The third-order valence-corrected chi connectivity index (χ3v) is 2.94. The Hall–Kier alpha value is -2.60. The van der Waals surface area contributed by atoms with Crippen LogP contribution >= 0.6 is 0 Å². The van der Waals surface area contributed by atoms with Crippen molar-refractivity contribution in [3.8, 4) is 17.2 Å². The van der Waals surface area contributed by atoms with Crippen LogP contribution in [0.3, 0.4) is 0 Å². The molecule has 0 radical (unpaired) electrons. The van der Waals surface area contributed by atoms with E-state index >= 15 is 0 Å². The van der Waals surface area contributed by atoms with E-state index < -0.39 is 0 Å². The standard InChI is InChI=1S/C14H14N6/c1-10(15)12-8-5-9-16-14(12)20-18-13(17-19-20)11-6-3-2-4-7-11/h2-10H,15H2,1H3/t10-/m0/s1. The molecule has 3 rings (SSSR count). The molecule has 0 aliphatic carbocycles. The highest BCUT2D eigenvalue weighted by molar-refractivity contribution is 5.53. The topological polar surface area (TPSA) is 82.5 Å². The smallest absolute Gasteiger partial charge is 0.205 e. The molecule has 0 saturated heterocycles. The van der Waals surface area contributed by atoms with Gasteiger partial charge in [0.05, 0.1) is 0 Å². The molecule has 0 amide bonds. The summed E-state index contributed by atoms with van der Waals surface area (Å²) in [6.07, 6.45) is 1.69. The van der Waals surface area contributed by atoms with Crippen LogP contribution in [0, 0.1) is 0 Å². The van der Waals surface area contributed by atoms with E-state index in [1.807, 2.05) is 49.4 Å². The van der Waals surface area contributed by atoms with Crippen molar-refractivity contribution >= 4 is 0 Å². The molecule has 1 atom stereocenters. The fourth-order valence-electron chi connectivity index (χ4n) is 1.94. The maximum absolute atomic E-state index is 5.94. The van der Waals surface area contributed by atoms with Crippen molar-refractivity contribution in [2.45, 2.75) is 13.0 Å². The lowest BCUT2D eigenvalue weighted by molar-refractivity contribution is 0.675. The van der Waals surface area contributed by atoms with Crippen LogP contribution in [0.15, 0.2) is 48.7 Å². The predicted molar refractivity (Wildman–Crippen MR) is 75.0 cm³/mol. The maximum atomic E-state index is 5.94. The molecular formula is C14H14N6. The summed E-state index contributed by atoms with van der Waals surface area (Å²) >= 11 is 0. The van der Waals surface area contributed by atoms with Gasteiger partial charge in [0.2, 0.25) is 5.82 Å². The molecular weight excluding hydrogens is 252 g/mol. The van der Waals surface area contributed by atoms with Crippen LogP contribution in [0.25, 0.3) is 17.2 Å². The normalized spacial score (nSPS) is 12.3. The van der Waals surface area contributed by atoms with Crippen molar-refractivity contribution in [2.24, 2.45) is 5.73 Å². The predicted octanol–water partition coefficient (Wildman–Crippen LogP) is 1.74. The summed E-state index contributed by atoms with van der Waals surface area (Å²) in [6, 6.07) is 13.3. The lowest BCUT2D eigenvalue weighted by atomic mass is 10.1. The van der Waals surface area contributed by atoms with Crippen molar-refractivity contribution in [2.75, 3.05) is 0 Å². The van der Waals surface area contributed by atoms with Crippen molar-refractivity contribution in [3.05, 3.63) is 54.2 Å². The average Bonchev–Trinajstić information content (AvgIpc) is 2.98. The van der Waals surface area contributed by atoms with Crippen molar-refractivity contribution in [1.82, 2.24) is 25.2 Å². The molecule has 0 aliphatic heterocycles. The third kappa shape index (κ3) is 2.28. The van der Waals surface area contributed by atoms with Crippen LogP contribution in [-0.2, 0) is 0 Å². The first kappa shape index (κ1) is 12.4. The van der Waals surface area contributed by atoms with Gasteiger partial charge in [0.15, 0.2) is 5.82 Å². The van der Waals surface area contributed by atoms with Crippen molar-refractivity contribution in [1.29, 1.82) is 0 Å². The fraction of sp³-hybridized carbons (Fsp3) is 0.143. The van der Waals surface area contributed by atoms with Gasteiger partial charge in [-0.2, -0.15) is 0 Å². The Morgan fingerprint density at radius 2 is 1.90 bits per heavy atom. The van der Waals surface area contributed by atoms with Gasteiger partial charge in [-0.25, -0.2) is 4.98 Å². The minimum atomic E-state index is -0.148. The number of tetrazole rings is 1. The lowest BCUT2D eigenvalue weighted by Crippen LogP contribution is -2.13. The first-order valence-corrected chi connectivity index (χ1v) is 6.32. The quantitative estimate of drug-likeness (QED) is 0.780. The van der Waals surface area contributed by atoms with Gasteiger partial charge in [0.1, 0.15) is 0 Å².